The Labute approximate surface area is 154 Å². The lowest BCUT2D eigenvalue weighted by atomic mass is 9.84. The van der Waals surface area contributed by atoms with Crippen molar-refractivity contribution in [3.63, 3.8) is 0 Å². The van der Waals surface area contributed by atoms with Crippen LogP contribution in [0.5, 0.6) is 0 Å². The van der Waals surface area contributed by atoms with Crippen LogP contribution in [0, 0.1) is 5.41 Å². The fourth-order valence-electron chi connectivity index (χ4n) is 2.90. The largest absolute Gasteiger partial charge is 0.462 e. The first-order valence-electron chi connectivity index (χ1n) is 8.55. The average molecular weight is 364 g/mol. The van der Waals surface area contributed by atoms with Crippen molar-refractivity contribution in [3.05, 3.63) is 48.0 Å². The van der Waals surface area contributed by atoms with Crippen molar-refractivity contribution in [1.29, 1.82) is 0 Å². The van der Waals surface area contributed by atoms with Crippen LogP contribution < -0.4 is 0 Å². The van der Waals surface area contributed by atoms with Gasteiger partial charge in [-0.25, -0.2) is 0 Å². The number of carbonyl (C=O) groups excluding carboxylic acids is 1. The number of ether oxygens (including phenoxy) is 3. The summed E-state index contributed by atoms with van der Waals surface area (Å²) >= 11 is 0. The van der Waals surface area contributed by atoms with E-state index in [0.717, 1.165) is 5.56 Å². The number of hydrogen-bond acceptors (Lipinski definition) is 6. The lowest BCUT2D eigenvalue weighted by Gasteiger charge is -2.36. The van der Waals surface area contributed by atoms with Crippen molar-refractivity contribution in [2.45, 2.75) is 44.7 Å². The van der Waals surface area contributed by atoms with Gasteiger partial charge in [0.1, 0.15) is 12.7 Å². The lowest BCUT2D eigenvalue weighted by Crippen LogP contribution is -2.56. The van der Waals surface area contributed by atoms with Crippen LogP contribution >= 0.6 is 0 Å². The van der Waals surface area contributed by atoms with Crippen molar-refractivity contribution >= 4 is 5.97 Å². The van der Waals surface area contributed by atoms with Crippen LogP contribution in [0.3, 0.4) is 0 Å². The Morgan fingerprint density at radius 1 is 1.27 bits per heavy atom. The number of esters is 1. The molecule has 1 heterocycles. The number of aliphatic hydroxyl groups is 2. The van der Waals surface area contributed by atoms with E-state index in [0.29, 0.717) is 0 Å². The molecule has 2 rings (SSSR count). The molecule has 0 aliphatic carbocycles. The molecule has 0 amide bonds. The van der Waals surface area contributed by atoms with Gasteiger partial charge in [0, 0.05) is 13.5 Å². The zero-order chi connectivity index (χ0) is 19.6. The highest BCUT2D eigenvalue weighted by molar-refractivity contribution is 5.75. The maximum absolute atomic E-state index is 12.0. The Morgan fingerprint density at radius 3 is 2.42 bits per heavy atom. The van der Waals surface area contributed by atoms with E-state index in [1.165, 1.54) is 7.11 Å². The molecule has 6 nitrogen and oxygen atoms in total. The second kappa shape index (κ2) is 7.48. The first-order chi connectivity index (χ1) is 12.0. The van der Waals surface area contributed by atoms with Crippen LogP contribution in [0.2, 0.25) is 0 Å². The molecule has 0 unspecified atom stereocenters. The molecule has 1 aromatic carbocycles. The number of carbonyl (C=O) groups is 1. The third-order valence-corrected chi connectivity index (χ3v) is 4.52. The predicted molar refractivity (Wildman–Crippen MR) is 96.3 cm³/mol. The molecule has 6 heteroatoms. The summed E-state index contributed by atoms with van der Waals surface area (Å²) in [5.74, 6) is -2.34. The minimum Gasteiger partial charge on any atom is -0.462 e. The molecule has 0 bridgehead atoms. The van der Waals surface area contributed by atoms with Crippen molar-refractivity contribution in [3.8, 4) is 0 Å². The molecule has 0 spiro atoms. The number of rotatable bonds is 6. The van der Waals surface area contributed by atoms with E-state index in [1.54, 1.807) is 20.8 Å². The van der Waals surface area contributed by atoms with Crippen molar-refractivity contribution < 1.29 is 29.2 Å². The molecule has 0 radical (unpaired) electrons. The second-order valence-corrected chi connectivity index (χ2v) is 7.72. The van der Waals surface area contributed by atoms with Gasteiger partial charge in [0.05, 0.1) is 12.0 Å². The summed E-state index contributed by atoms with van der Waals surface area (Å²) in [7, 11) is 1.42. The van der Waals surface area contributed by atoms with Crippen LogP contribution in [0.1, 0.15) is 26.3 Å². The number of methoxy groups -OCH3 is 1. The van der Waals surface area contributed by atoms with Gasteiger partial charge in [0.15, 0.2) is 5.60 Å². The Bertz CT molecular complexity index is 650. The SMILES string of the molecule is C=C1[C@@H](COC(=O)C(C)(C)C)O[C@@](O)(Cc2ccccc2)[C@@]1(O)COC. The summed E-state index contributed by atoms with van der Waals surface area (Å²) in [6, 6.07) is 9.17. The lowest BCUT2D eigenvalue weighted by molar-refractivity contribution is -0.271. The molecule has 0 saturated carbocycles. The van der Waals surface area contributed by atoms with Crippen LogP contribution in [0.4, 0.5) is 0 Å². The molecular weight excluding hydrogens is 336 g/mol. The quantitative estimate of drug-likeness (QED) is 0.592. The normalized spacial score (nSPS) is 29.0. The average Bonchev–Trinajstić information content (AvgIpc) is 2.74. The van der Waals surface area contributed by atoms with Gasteiger partial charge in [0.2, 0.25) is 5.79 Å². The van der Waals surface area contributed by atoms with Gasteiger partial charge < -0.3 is 24.4 Å². The molecule has 1 saturated heterocycles. The van der Waals surface area contributed by atoms with E-state index >= 15 is 0 Å². The van der Waals surface area contributed by atoms with Crippen LogP contribution in [-0.2, 0) is 25.4 Å². The standard InChI is InChI=1S/C20H28O6/c1-14-16(12-25-17(21)18(2,3)4)26-20(23,19(14,22)13-24-5)11-15-9-7-6-8-10-15/h6-10,16,22-23H,1,11-13H2,2-5H3/t16-,19-,20+/m1/s1. The molecule has 3 atom stereocenters. The summed E-state index contributed by atoms with van der Waals surface area (Å²) < 4.78 is 16.1. The number of benzene rings is 1. The smallest absolute Gasteiger partial charge is 0.311 e. The summed E-state index contributed by atoms with van der Waals surface area (Å²) in [5, 5.41) is 22.2. The van der Waals surface area contributed by atoms with Gasteiger partial charge in [-0.2, -0.15) is 0 Å². The molecule has 1 aliphatic rings. The molecular formula is C20H28O6. The van der Waals surface area contributed by atoms with Crippen molar-refractivity contribution in [2.24, 2.45) is 5.41 Å². The fraction of sp³-hybridized carbons (Fsp3) is 0.550. The van der Waals surface area contributed by atoms with Gasteiger partial charge in [-0.3, -0.25) is 4.79 Å². The van der Waals surface area contributed by atoms with Crippen molar-refractivity contribution in [1.82, 2.24) is 0 Å². The third-order valence-electron chi connectivity index (χ3n) is 4.52. The minimum absolute atomic E-state index is 0.0381. The zero-order valence-electron chi connectivity index (χ0n) is 15.8. The predicted octanol–water partition coefficient (Wildman–Crippen LogP) is 1.84. The Balaban J connectivity index is 2.22. The summed E-state index contributed by atoms with van der Waals surface area (Å²) in [6.07, 6.45) is -0.800. The highest BCUT2D eigenvalue weighted by Gasteiger charge is 2.61. The monoisotopic (exact) mass is 364 g/mol. The molecule has 1 fully saturated rings. The highest BCUT2D eigenvalue weighted by atomic mass is 16.7. The highest BCUT2D eigenvalue weighted by Crippen LogP contribution is 2.44. The minimum atomic E-state index is -1.94. The summed E-state index contributed by atoms with van der Waals surface area (Å²) in [6.45, 7) is 8.77. The van der Waals surface area contributed by atoms with Gasteiger partial charge >= 0.3 is 5.97 Å². The first kappa shape index (κ1) is 20.6. The Morgan fingerprint density at radius 2 is 1.88 bits per heavy atom. The van der Waals surface area contributed by atoms with Gasteiger partial charge in [0.25, 0.3) is 0 Å². The zero-order valence-corrected chi connectivity index (χ0v) is 15.8. The van der Waals surface area contributed by atoms with E-state index in [2.05, 4.69) is 6.58 Å². The molecule has 2 N–H and O–H groups in total. The van der Waals surface area contributed by atoms with E-state index in [1.807, 2.05) is 30.3 Å². The van der Waals surface area contributed by atoms with Crippen LogP contribution in [0.15, 0.2) is 42.5 Å². The Hall–Kier alpha value is -1.73. The molecule has 1 aliphatic heterocycles. The van der Waals surface area contributed by atoms with Crippen LogP contribution in [-0.4, -0.2) is 54.0 Å². The fourth-order valence-corrected chi connectivity index (χ4v) is 2.90. The van der Waals surface area contributed by atoms with E-state index in [9.17, 15) is 15.0 Å². The maximum Gasteiger partial charge on any atom is 0.311 e. The topological polar surface area (TPSA) is 85.2 Å². The summed E-state index contributed by atoms with van der Waals surface area (Å²) in [5.41, 5.74) is -1.48. The maximum atomic E-state index is 12.0. The summed E-state index contributed by atoms with van der Waals surface area (Å²) in [4.78, 5) is 12.0. The van der Waals surface area contributed by atoms with E-state index in [4.69, 9.17) is 14.2 Å². The molecule has 26 heavy (non-hydrogen) atoms. The third kappa shape index (κ3) is 3.99. The number of hydrogen-bond donors (Lipinski definition) is 2. The Kier molecular flexibility index (Phi) is 5.92. The van der Waals surface area contributed by atoms with Gasteiger partial charge in [-0.05, 0) is 31.9 Å². The molecule has 144 valence electrons. The molecule has 1 aromatic rings. The van der Waals surface area contributed by atoms with Crippen LogP contribution in [0.25, 0.3) is 0 Å². The van der Waals surface area contributed by atoms with E-state index in [-0.39, 0.29) is 25.2 Å². The van der Waals surface area contributed by atoms with Gasteiger partial charge in [-0.15, -0.1) is 0 Å². The molecule has 0 aromatic heterocycles. The van der Waals surface area contributed by atoms with Crippen molar-refractivity contribution in [2.75, 3.05) is 20.3 Å². The van der Waals surface area contributed by atoms with Gasteiger partial charge in [-0.1, -0.05) is 36.9 Å². The second-order valence-electron chi connectivity index (χ2n) is 7.72. The first-order valence-corrected chi connectivity index (χ1v) is 8.55. The van der Waals surface area contributed by atoms with E-state index < -0.39 is 28.9 Å².